The van der Waals surface area contributed by atoms with Crippen LogP contribution < -0.4 is 5.32 Å². The van der Waals surface area contributed by atoms with E-state index in [2.05, 4.69) is 26.2 Å². The number of pyridine rings is 1. The molecule has 2 heterocycles. The summed E-state index contributed by atoms with van der Waals surface area (Å²) in [5.74, 6) is -0.0500. The molecule has 1 fully saturated rings. The molecule has 0 saturated carbocycles. The largest absolute Gasteiger partial charge is 0.339 e. The Hall–Kier alpha value is -2.21. The number of carbonyl (C=O) groups is 2. The van der Waals surface area contributed by atoms with Gasteiger partial charge in [0.1, 0.15) is 4.60 Å². The van der Waals surface area contributed by atoms with Crippen molar-refractivity contribution >= 4 is 33.4 Å². The van der Waals surface area contributed by atoms with Gasteiger partial charge in [-0.2, -0.15) is 0 Å². The predicted molar refractivity (Wildman–Crippen MR) is 95.6 cm³/mol. The van der Waals surface area contributed by atoms with Gasteiger partial charge < -0.3 is 10.2 Å². The Morgan fingerprint density at radius 1 is 1.08 bits per heavy atom. The Labute approximate surface area is 149 Å². The molecule has 0 radical (unpaired) electrons. The van der Waals surface area contributed by atoms with Crippen LogP contribution in [0.2, 0.25) is 0 Å². The summed E-state index contributed by atoms with van der Waals surface area (Å²) in [6.45, 7) is 1.20. The van der Waals surface area contributed by atoms with E-state index < -0.39 is 0 Å². The molecule has 1 aliphatic rings. The number of hydrogen-bond acceptors (Lipinski definition) is 3. The molecule has 0 unspecified atom stereocenters. The molecule has 5 nitrogen and oxygen atoms in total. The molecule has 0 atom stereocenters. The van der Waals surface area contributed by atoms with Gasteiger partial charge in [-0.25, -0.2) is 4.98 Å². The summed E-state index contributed by atoms with van der Waals surface area (Å²) in [6, 6.07) is 12.9. The van der Waals surface area contributed by atoms with Crippen molar-refractivity contribution < 1.29 is 9.59 Å². The summed E-state index contributed by atoms with van der Waals surface area (Å²) in [5, 5.41) is 2.89. The third kappa shape index (κ3) is 4.00. The lowest BCUT2D eigenvalue weighted by molar-refractivity contribution is -0.121. The van der Waals surface area contributed by atoms with Gasteiger partial charge in [0.2, 0.25) is 5.91 Å². The summed E-state index contributed by atoms with van der Waals surface area (Å²) in [4.78, 5) is 30.7. The van der Waals surface area contributed by atoms with Gasteiger partial charge >= 0.3 is 0 Å². The molecule has 1 N–H and O–H groups in total. The average molecular weight is 388 g/mol. The summed E-state index contributed by atoms with van der Waals surface area (Å²) < 4.78 is 0.730. The summed E-state index contributed by atoms with van der Waals surface area (Å²) in [5.41, 5.74) is 1.38. The fraction of sp³-hybridized carbons (Fsp3) is 0.278. The summed E-state index contributed by atoms with van der Waals surface area (Å²) in [7, 11) is 0. The van der Waals surface area contributed by atoms with Gasteiger partial charge in [-0.1, -0.05) is 18.2 Å². The first-order valence-electron chi connectivity index (χ1n) is 7.90. The highest BCUT2D eigenvalue weighted by Crippen LogP contribution is 2.21. The highest BCUT2D eigenvalue weighted by atomic mass is 79.9. The van der Waals surface area contributed by atoms with Crippen molar-refractivity contribution in [1.29, 1.82) is 0 Å². The standard InChI is InChI=1S/C18H18BrN3O2/c19-16-7-6-15(12-20-16)21-17(23)13-8-10-22(11-9-13)18(24)14-4-2-1-3-5-14/h1-7,12-13H,8-11H2,(H,21,23). The maximum Gasteiger partial charge on any atom is 0.253 e. The van der Waals surface area contributed by atoms with Crippen molar-refractivity contribution in [3.63, 3.8) is 0 Å². The van der Waals surface area contributed by atoms with E-state index in [4.69, 9.17) is 0 Å². The molecule has 1 aromatic carbocycles. The molecule has 0 spiro atoms. The molecule has 0 aliphatic carbocycles. The minimum absolute atomic E-state index is 0.00840. The van der Waals surface area contributed by atoms with Crippen LogP contribution in [-0.4, -0.2) is 34.8 Å². The number of anilines is 1. The topological polar surface area (TPSA) is 62.3 Å². The van der Waals surface area contributed by atoms with Crippen LogP contribution in [-0.2, 0) is 4.79 Å². The SMILES string of the molecule is O=C(Nc1ccc(Br)nc1)C1CCN(C(=O)c2ccccc2)CC1. The molecular formula is C18H18BrN3O2. The fourth-order valence-electron chi connectivity index (χ4n) is 2.80. The molecule has 1 saturated heterocycles. The third-order valence-corrected chi connectivity index (χ3v) is 4.64. The van der Waals surface area contributed by atoms with Gasteiger partial charge in [-0.15, -0.1) is 0 Å². The first-order valence-corrected chi connectivity index (χ1v) is 8.69. The van der Waals surface area contributed by atoms with Crippen LogP contribution in [0, 0.1) is 5.92 Å². The van der Waals surface area contributed by atoms with Crippen LogP contribution in [0.15, 0.2) is 53.3 Å². The number of amides is 2. The highest BCUT2D eigenvalue weighted by Gasteiger charge is 2.27. The maximum absolute atomic E-state index is 12.4. The number of carbonyl (C=O) groups excluding carboxylic acids is 2. The Morgan fingerprint density at radius 3 is 2.42 bits per heavy atom. The number of likely N-dealkylation sites (tertiary alicyclic amines) is 1. The Kier molecular flexibility index (Phi) is 5.25. The zero-order valence-electron chi connectivity index (χ0n) is 13.1. The monoisotopic (exact) mass is 387 g/mol. The van der Waals surface area contributed by atoms with Crippen LogP contribution in [0.25, 0.3) is 0 Å². The molecule has 2 amide bonds. The van der Waals surface area contributed by atoms with E-state index in [0.29, 0.717) is 37.2 Å². The zero-order chi connectivity index (χ0) is 16.9. The van der Waals surface area contributed by atoms with E-state index in [9.17, 15) is 9.59 Å². The number of aromatic nitrogens is 1. The fourth-order valence-corrected chi connectivity index (χ4v) is 3.04. The number of halogens is 1. The normalized spacial score (nSPS) is 15.1. The second-order valence-corrected chi connectivity index (χ2v) is 6.60. The smallest absolute Gasteiger partial charge is 0.253 e. The van der Waals surface area contributed by atoms with E-state index in [-0.39, 0.29) is 17.7 Å². The van der Waals surface area contributed by atoms with Gasteiger partial charge in [-0.3, -0.25) is 9.59 Å². The quantitative estimate of drug-likeness (QED) is 0.821. The minimum Gasteiger partial charge on any atom is -0.339 e. The average Bonchev–Trinajstić information content (AvgIpc) is 2.64. The van der Waals surface area contributed by atoms with Gasteiger partial charge in [0.15, 0.2) is 0 Å². The molecular weight excluding hydrogens is 370 g/mol. The Bertz CT molecular complexity index is 711. The molecule has 0 bridgehead atoms. The zero-order valence-corrected chi connectivity index (χ0v) is 14.7. The van der Waals surface area contributed by atoms with Crippen LogP contribution in [0.5, 0.6) is 0 Å². The van der Waals surface area contributed by atoms with Crippen LogP contribution in [0.3, 0.4) is 0 Å². The second kappa shape index (κ2) is 7.57. The molecule has 3 rings (SSSR count). The van der Waals surface area contributed by atoms with Crippen LogP contribution in [0.4, 0.5) is 5.69 Å². The predicted octanol–water partition coefficient (Wildman–Crippen LogP) is 3.34. The van der Waals surface area contributed by atoms with Crippen molar-refractivity contribution in [2.45, 2.75) is 12.8 Å². The van der Waals surface area contributed by atoms with E-state index in [0.717, 1.165) is 4.60 Å². The van der Waals surface area contributed by atoms with Crippen molar-refractivity contribution in [1.82, 2.24) is 9.88 Å². The molecule has 1 aromatic heterocycles. The first kappa shape index (κ1) is 16.6. The van der Waals surface area contributed by atoms with Crippen molar-refractivity contribution in [3.8, 4) is 0 Å². The molecule has 1 aliphatic heterocycles. The summed E-state index contributed by atoms with van der Waals surface area (Å²) >= 11 is 3.27. The minimum atomic E-state index is -0.0755. The molecule has 6 heteroatoms. The highest BCUT2D eigenvalue weighted by molar-refractivity contribution is 9.10. The lowest BCUT2D eigenvalue weighted by Crippen LogP contribution is -2.41. The van der Waals surface area contributed by atoms with Gasteiger partial charge in [0, 0.05) is 24.6 Å². The third-order valence-electron chi connectivity index (χ3n) is 4.17. The van der Waals surface area contributed by atoms with Crippen LogP contribution >= 0.6 is 15.9 Å². The van der Waals surface area contributed by atoms with Crippen molar-refractivity contribution in [2.75, 3.05) is 18.4 Å². The number of rotatable bonds is 3. The van der Waals surface area contributed by atoms with E-state index in [1.54, 1.807) is 12.3 Å². The lowest BCUT2D eigenvalue weighted by atomic mass is 9.95. The number of hydrogen-bond donors (Lipinski definition) is 1. The van der Waals surface area contributed by atoms with E-state index in [1.807, 2.05) is 41.3 Å². The molecule has 24 heavy (non-hydrogen) atoms. The first-order chi connectivity index (χ1) is 11.6. The Morgan fingerprint density at radius 2 is 1.79 bits per heavy atom. The number of piperidine rings is 1. The molecule has 124 valence electrons. The van der Waals surface area contributed by atoms with E-state index >= 15 is 0 Å². The van der Waals surface area contributed by atoms with Crippen molar-refractivity contribution in [3.05, 3.63) is 58.8 Å². The number of nitrogens with one attached hydrogen (secondary N) is 1. The summed E-state index contributed by atoms with van der Waals surface area (Å²) in [6.07, 6.45) is 2.97. The van der Waals surface area contributed by atoms with Gasteiger partial charge in [0.05, 0.1) is 11.9 Å². The van der Waals surface area contributed by atoms with Crippen molar-refractivity contribution in [2.24, 2.45) is 5.92 Å². The van der Waals surface area contributed by atoms with Gasteiger partial charge in [0.25, 0.3) is 5.91 Å². The number of nitrogens with zero attached hydrogens (tertiary/aromatic N) is 2. The Balaban J connectivity index is 1.54. The van der Waals surface area contributed by atoms with E-state index in [1.165, 1.54) is 0 Å². The second-order valence-electron chi connectivity index (χ2n) is 5.79. The van der Waals surface area contributed by atoms with Gasteiger partial charge in [-0.05, 0) is 53.0 Å². The lowest BCUT2D eigenvalue weighted by Gasteiger charge is -2.31. The molecule has 2 aromatic rings. The number of benzene rings is 1. The maximum atomic E-state index is 12.4. The van der Waals surface area contributed by atoms with Crippen LogP contribution in [0.1, 0.15) is 23.2 Å².